The predicted octanol–water partition coefficient (Wildman–Crippen LogP) is 2.31. The Morgan fingerprint density at radius 2 is 1.88 bits per heavy atom. The summed E-state index contributed by atoms with van der Waals surface area (Å²) in [6.07, 6.45) is -0.577. The van der Waals surface area contributed by atoms with Gasteiger partial charge in [0, 0.05) is 6.42 Å². The number of benzene rings is 1. The maximum atomic E-state index is 11.5. The quantitative estimate of drug-likeness (QED) is 0.796. The first-order valence-electron chi connectivity index (χ1n) is 5.12. The molecule has 1 aromatic carbocycles. The summed E-state index contributed by atoms with van der Waals surface area (Å²) < 4.78 is 5.14. The van der Waals surface area contributed by atoms with Crippen LogP contribution in [0.15, 0.2) is 30.3 Å². The third-order valence-electron chi connectivity index (χ3n) is 2.01. The van der Waals surface area contributed by atoms with Crippen molar-refractivity contribution in [1.29, 1.82) is 0 Å². The lowest BCUT2D eigenvalue weighted by atomic mass is 10.1. The summed E-state index contributed by atoms with van der Waals surface area (Å²) in [5.41, 5.74) is 0. The summed E-state index contributed by atoms with van der Waals surface area (Å²) in [7, 11) is 0. The minimum absolute atomic E-state index is 0. The van der Waals surface area contributed by atoms with Gasteiger partial charge in [-0.05, 0) is 18.6 Å². The van der Waals surface area contributed by atoms with E-state index in [1.54, 1.807) is 30.3 Å². The largest absolute Gasteiger partial charge is 0.478 e. The van der Waals surface area contributed by atoms with Crippen LogP contribution in [0.4, 0.5) is 0 Å². The van der Waals surface area contributed by atoms with Gasteiger partial charge in [-0.25, -0.2) is 4.79 Å². The zero-order chi connectivity index (χ0) is 12.0. The summed E-state index contributed by atoms with van der Waals surface area (Å²) in [4.78, 5) is 22.4. The molecule has 0 aliphatic carbocycles. The molecule has 94 valence electrons. The Kier molecular flexibility index (Phi) is 6.98. The SMILES string of the molecule is CCCC(=O)C(Oc1ccccc1)C(=O)O.Cl. The first-order valence-corrected chi connectivity index (χ1v) is 5.12. The molecule has 5 heteroatoms. The van der Waals surface area contributed by atoms with E-state index in [4.69, 9.17) is 9.84 Å². The molecule has 1 rings (SSSR count). The Labute approximate surface area is 106 Å². The Balaban J connectivity index is 0.00000256. The lowest BCUT2D eigenvalue weighted by Crippen LogP contribution is -2.35. The van der Waals surface area contributed by atoms with Gasteiger partial charge in [0.2, 0.25) is 0 Å². The number of carbonyl (C=O) groups is 2. The first-order chi connectivity index (χ1) is 7.65. The lowest BCUT2D eigenvalue weighted by molar-refractivity contribution is -0.150. The van der Waals surface area contributed by atoms with E-state index in [9.17, 15) is 9.59 Å². The summed E-state index contributed by atoms with van der Waals surface area (Å²) in [5, 5.41) is 8.89. The molecular formula is C12H15ClO4. The Morgan fingerprint density at radius 1 is 1.29 bits per heavy atom. The maximum Gasteiger partial charge on any atom is 0.352 e. The topological polar surface area (TPSA) is 63.6 Å². The molecule has 1 N–H and O–H groups in total. The number of rotatable bonds is 6. The molecule has 0 fully saturated rings. The van der Waals surface area contributed by atoms with Crippen LogP contribution >= 0.6 is 12.4 Å². The van der Waals surface area contributed by atoms with Crippen molar-refractivity contribution in [3.8, 4) is 5.75 Å². The number of ketones is 1. The van der Waals surface area contributed by atoms with Crippen LogP contribution in [0.5, 0.6) is 5.75 Å². The molecular weight excluding hydrogens is 244 g/mol. The molecule has 0 aliphatic heterocycles. The van der Waals surface area contributed by atoms with Crippen LogP contribution in [0.1, 0.15) is 19.8 Å². The number of carboxylic acids is 1. The van der Waals surface area contributed by atoms with E-state index < -0.39 is 17.9 Å². The number of carbonyl (C=O) groups excluding carboxylic acids is 1. The Morgan fingerprint density at radius 3 is 2.35 bits per heavy atom. The van der Waals surface area contributed by atoms with Gasteiger partial charge in [0.25, 0.3) is 6.10 Å². The van der Waals surface area contributed by atoms with Gasteiger partial charge in [-0.3, -0.25) is 4.79 Å². The van der Waals surface area contributed by atoms with Gasteiger partial charge in [-0.1, -0.05) is 25.1 Å². The number of carboxylic acid groups (broad SMARTS) is 1. The van der Waals surface area contributed by atoms with Crippen molar-refractivity contribution in [1.82, 2.24) is 0 Å². The number of halogens is 1. The fourth-order valence-electron chi connectivity index (χ4n) is 1.27. The molecule has 0 saturated carbocycles. The maximum absolute atomic E-state index is 11.5. The minimum Gasteiger partial charge on any atom is -0.478 e. The summed E-state index contributed by atoms with van der Waals surface area (Å²) in [5.74, 6) is -1.26. The number of hydrogen-bond acceptors (Lipinski definition) is 3. The summed E-state index contributed by atoms with van der Waals surface area (Å²) in [6.45, 7) is 1.82. The predicted molar refractivity (Wildman–Crippen MR) is 65.7 cm³/mol. The van der Waals surface area contributed by atoms with E-state index in [2.05, 4.69) is 0 Å². The highest BCUT2D eigenvalue weighted by molar-refractivity contribution is 6.01. The van der Waals surface area contributed by atoms with E-state index in [0.717, 1.165) is 0 Å². The zero-order valence-electron chi connectivity index (χ0n) is 9.46. The summed E-state index contributed by atoms with van der Waals surface area (Å²) >= 11 is 0. The second kappa shape index (κ2) is 7.68. The molecule has 0 spiro atoms. The van der Waals surface area contributed by atoms with Gasteiger partial charge < -0.3 is 9.84 Å². The molecule has 0 saturated heterocycles. The Hall–Kier alpha value is -1.55. The van der Waals surface area contributed by atoms with E-state index in [1.165, 1.54) is 0 Å². The van der Waals surface area contributed by atoms with Gasteiger partial charge in [-0.2, -0.15) is 0 Å². The van der Waals surface area contributed by atoms with Crippen LogP contribution in [0.2, 0.25) is 0 Å². The molecule has 17 heavy (non-hydrogen) atoms. The zero-order valence-corrected chi connectivity index (χ0v) is 10.3. The molecule has 1 aromatic rings. The van der Waals surface area contributed by atoms with Crippen molar-refractivity contribution in [3.63, 3.8) is 0 Å². The van der Waals surface area contributed by atoms with Gasteiger partial charge in [0.1, 0.15) is 5.75 Å². The van der Waals surface area contributed by atoms with Crippen LogP contribution in [0, 0.1) is 0 Å². The Bertz CT molecular complexity index is 364. The van der Waals surface area contributed by atoms with Gasteiger partial charge in [-0.15, -0.1) is 12.4 Å². The van der Waals surface area contributed by atoms with Crippen molar-refractivity contribution >= 4 is 24.2 Å². The fourth-order valence-corrected chi connectivity index (χ4v) is 1.27. The third-order valence-corrected chi connectivity index (χ3v) is 2.01. The van der Waals surface area contributed by atoms with E-state index in [1.807, 2.05) is 6.92 Å². The lowest BCUT2D eigenvalue weighted by Gasteiger charge is -2.13. The summed E-state index contributed by atoms with van der Waals surface area (Å²) in [6, 6.07) is 8.47. The second-order valence-corrected chi connectivity index (χ2v) is 3.37. The van der Waals surface area contributed by atoms with Crippen molar-refractivity contribution in [2.75, 3.05) is 0 Å². The molecule has 0 amide bonds. The number of hydrogen-bond donors (Lipinski definition) is 1. The van der Waals surface area contributed by atoms with E-state index in [-0.39, 0.29) is 18.8 Å². The monoisotopic (exact) mass is 258 g/mol. The van der Waals surface area contributed by atoms with Crippen LogP contribution < -0.4 is 4.74 Å². The van der Waals surface area contributed by atoms with E-state index >= 15 is 0 Å². The third kappa shape index (κ3) is 4.87. The van der Waals surface area contributed by atoms with Crippen molar-refractivity contribution in [3.05, 3.63) is 30.3 Å². The van der Waals surface area contributed by atoms with Gasteiger partial charge in [0.15, 0.2) is 5.78 Å². The highest BCUT2D eigenvalue weighted by Gasteiger charge is 2.27. The molecule has 0 radical (unpaired) electrons. The average Bonchev–Trinajstić information content (AvgIpc) is 2.27. The normalized spacial score (nSPS) is 11.1. The van der Waals surface area contributed by atoms with Crippen LogP contribution in [0.25, 0.3) is 0 Å². The van der Waals surface area contributed by atoms with Crippen LogP contribution in [-0.4, -0.2) is 23.0 Å². The molecule has 0 bridgehead atoms. The van der Waals surface area contributed by atoms with Gasteiger partial charge in [0.05, 0.1) is 0 Å². The van der Waals surface area contributed by atoms with Crippen molar-refractivity contribution in [2.24, 2.45) is 0 Å². The molecule has 0 aliphatic rings. The fraction of sp³-hybridized carbons (Fsp3) is 0.333. The average molecular weight is 259 g/mol. The van der Waals surface area contributed by atoms with Crippen LogP contribution in [0.3, 0.4) is 0 Å². The van der Waals surface area contributed by atoms with Crippen molar-refractivity contribution in [2.45, 2.75) is 25.9 Å². The van der Waals surface area contributed by atoms with Gasteiger partial charge >= 0.3 is 5.97 Å². The highest BCUT2D eigenvalue weighted by Crippen LogP contribution is 2.12. The molecule has 0 heterocycles. The molecule has 1 atom stereocenters. The number of aliphatic carboxylic acids is 1. The minimum atomic E-state index is -1.40. The van der Waals surface area contributed by atoms with E-state index in [0.29, 0.717) is 12.2 Å². The number of ether oxygens (including phenoxy) is 1. The molecule has 0 aromatic heterocycles. The number of para-hydroxylation sites is 1. The number of Topliss-reactive ketones (excluding diaryl/α,β-unsaturated/α-hetero) is 1. The first kappa shape index (κ1) is 15.4. The smallest absolute Gasteiger partial charge is 0.352 e. The molecule has 1 unspecified atom stereocenters. The second-order valence-electron chi connectivity index (χ2n) is 3.37. The van der Waals surface area contributed by atoms with Crippen molar-refractivity contribution < 1.29 is 19.4 Å². The molecule has 4 nitrogen and oxygen atoms in total. The van der Waals surface area contributed by atoms with Crippen LogP contribution in [-0.2, 0) is 9.59 Å². The standard InChI is InChI=1S/C12H14O4.ClH/c1-2-6-10(13)11(12(14)15)16-9-7-4-3-5-8-9;/h3-5,7-8,11H,2,6H2,1H3,(H,14,15);1H. The highest BCUT2D eigenvalue weighted by atomic mass is 35.5.